The van der Waals surface area contributed by atoms with Gasteiger partial charge in [-0.05, 0) is 18.9 Å². The molecule has 0 radical (unpaired) electrons. The fourth-order valence-electron chi connectivity index (χ4n) is 3.47. The zero-order valence-corrected chi connectivity index (χ0v) is 13.8. The van der Waals surface area contributed by atoms with E-state index < -0.39 is 0 Å². The number of piperazine rings is 1. The molecule has 0 unspecified atom stereocenters. The van der Waals surface area contributed by atoms with Gasteiger partial charge in [0, 0.05) is 50.7 Å². The van der Waals surface area contributed by atoms with Gasteiger partial charge in [-0.3, -0.25) is 0 Å². The molecule has 2 aromatic heterocycles. The Kier molecular flexibility index (Phi) is 4.40. The van der Waals surface area contributed by atoms with Gasteiger partial charge >= 0.3 is 0 Å². The Balaban J connectivity index is 1.38. The Bertz CT molecular complexity index is 649. The normalized spacial score (nSPS) is 18.8. The summed E-state index contributed by atoms with van der Waals surface area (Å²) >= 11 is 0. The molecule has 24 heavy (non-hydrogen) atoms. The van der Waals surface area contributed by atoms with Gasteiger partial charge in [-0.2, -0.15) is 0 Å². The maximum absolute atomic E-state index is 4.46. The lowest BCUT2D eigenvalue weighted by Gasteiger charge is -2.35. The van der Waals surface area contributed by atoms with Gasteiger partial charge in [-0.25, -0.2) is 19.9 Å². The predicted molar refractivity (Wildman–Crippen MR) is 94.4 cm³/mol. The highest BCUT2D eigenvalue weighted by atomic mass is 15.3. The van der Waals surface area contributed by atoms with Crippen LogP contribution in [0.25, 0.3) is 0 Å². The molecule has 0 spiro atoms. The molecular weight excluding hydrogens is 302 g/mol. The highest BCUT2D eigenvalue weighted by Crippen LogP contribution is 2.23. The van der Waals surface area contributed by atoms with Crippen LogP contribution in [0, 0.1) is 0 Å². The lowest BCUT2D eigenvalue weighted by atomic mass is 10.2. The van der Waals surface area contributed by atoms with E-state index in [0.29, 0.717) is 6.04 Å². The summed E-state index contributed by atoms with van der Waals surface area (Å²) < 4.78 is 0. The molecule has 0 bridgehead atoms. The average molecular weight is 325 g/mol. The zero-order chi connectivity index (χ0) is 16.2. The van der Waals surface area contributed by atoms with Crippen molar-refractivity contribution in [3.05, 3.63) is 30.9 Å². The first kappa shape index (κ1) is 15.1. The number of nitrogens with zero attached hydrogens (tertiary/aromatic N) is 6. The molecule has 1 aliphatic carbocycles. The topological polar surface area (TPSA) is 70.1 Å². The molecule has 2 aliphatic rings. The van der Waals surface area contributed by atoms with Crippen LogP contribution in [0.2, 0.25) is 0 Å². The lowest BCUT2D eigenvalue weighted by molar-refractivity contribution is 0.634. The Morgan fingerprint density at radius 3 is 2.33 bits per heavy atom. The highest BCUT2D eigenvalue weighted by molar-refractivity contribution is 5.50. The van der Waals surface area contributed by atoms with Crippen molar-refractivity contribution in [1.82, 2.24) is 19.9 Å². The molecule has 3 heterocycles. The summed E-state index contributed by atoms with van der Waals surface area (Å²) in [5, 5.41) is 3.55. The van der Waals surface area contributed by atoms with Gasteiger partial charge in [-0.1, -0.05) is 12.8 Å². The average Bonchev–Trinajstić information content (AvgIpc) is 3.16. The molecule has 1 saturated heterocycles. The van der Waals surface area contributed by atoms with E-state index in [1.54, 1.807) is 18.7 Å². The second kappa shape index (κ2) is 6.98. The third-order valence-electron chi connectivity index (χ3n) is 4.80. The largest absolute Gasteiger partial charge is 0.367 e. The smallest absolute Gasteiger partial charge is 0.225 e. The molecule has 1 saturated carbocycles. The van der Waals surface area contributed by atoms with Crippen molar-refractivity contribution in [2.75, 3.05) is 41.3 Å². The molecule has 0 atom stereocenters. The second-order valence-electron chi connectivity index (χ2n) is 6.41. The Morgan fingerprint density at radius 2 is 1.58 bits per heavy atom. The van der Waals surface area contributed by atoms with Crippen molar-refractivity contribution >= 4 is 17.6 Å². The lowest BCUT2D eigenvalue weighted by Crippen LogP contribution is -2.47. The summed E-state index contributed by atoms with van der Waals surface area (Å²) in [6.07, 6.45) is 10.4. The molecule has 2 fully saturated rings. The molecular formula is C17H23N7. The van der Waals surface area contributed by atoms with Gasteiger partial charge in [0.05, 0.1) is 0 Å². The number of anilines is 3. The summed E-state index contributed by atoms with van der Waals surface area (Å²) in [6, 6.07) is 4.49. The van der Waals surface area contributed by atoms with Crippen LogP contribution in [0.1, 0.15) is 25.7 Å². The number of hydrogen-bond donors (Lipinski definition) is 1. The predicted octanol–water partition coefficient (Wildman–Crippen LogP) is 1.95. The third-order valence-corrected chi connectivity index (χ3v) is 4.80. The van der Waals surface area contributed by atoms with E-state index in [4.69, 9.17) is 0 Å². The van der Waals surface area contributed by atoms with Gasteiger partial charge in [-0.15, -0.1) is 0 Å². The molecule has 0 aromatic carbocycles. The molecule has 126 valence electrons. The first-order valence-electron chi connectivity index (χ1n) is 8.74. The molecule has 1 aliphatic heterocycles. The molecule has 1 N–H and O–H groups in total. The maximum atomic E-state index is 4.46. The SMILES string of the molecule is c1cnc(N2CCN(c3cc(NC4CCCC4)ncn3)CC2)nc1. The van der Waals surface area contributed by atoms with Crippen molar-refractivity contribution in [2.45, 2.75) is 31.7 Å². The first-order chi connectivity index (χ1) is 11.9. The monoisotopic (exact) mass is 325 g/mol. The minimum Gasteiger partial charge on any atom is -0.367 e. The Morgan fingerprint density at radius 1 is 0.875 bits per heavy atom. The van der Waals surface area contributed by atoms with Crippen molar-refractivity contribution in [3.8, 4) is 0 Å². The van der Waals surface area contributed by atoms with Crippen molar-refractivity contribution in [1.29, 1.82) is 0 Å². The van der Waals surface area contributed by atoms with Crippen LogP contribution in [0.15, 0.2) is 30.9 Å². The summed E-state index contributed by atoms with van der Waals surface area (Å²) in [4.78, 5) is 22.0. The van der Waals surface area contributed by atoms with E-state index in [1.165, 1.54) is 25.7 Å². The van der Waals surface area contributed by atoms with Crippen molar-refractivity contribution < 1.29 is 0 Å². The highest BCUT2D eigenvalue weighted by Gasteiger charge is 2.21. The van der Waals surface area contributed by atoms with Crippen LogP contribution in [0.5, 0.6) is 0 Å². The number of aromatic nitrogens is 4. The summed E-state index contributed by atoms with van der Waals surface area (Å²) in [6.45, 7) is 3.63. The maximum Gasteiger partial charge on any atom is 0.225 e. The van der Waals surface area contributed by atoms with Crippen LogP contribution in [0.4, 0.5) is 17.6 Å². The van der Waals surface area contributed by atoms with Gasteiger partial charge in [0.15, 0.2) is 0 Å². The zero-order valence-electron chi connectivity index (χ0n) is 13.8. The standard InChI is InChI=1S/C17H23N7/c1-2-5-14(4-1)22-15-12-16(21-13-20-15)23-8-10-24(11-9-23)17-18-6-3-7-19-17/h3,6-7,12-14H,1-2,4-5,8-11H2,(H,20,21,22). The molecule has 7 nitrogen and oxygen atoms in total. The van der Waals surface area contributed by atoms with Gasteiger partial charge in [0.1, 0.15) is 18.0 Å². The van der Waals surface area contributed by atoms with E-state index >= 15 is 0 Å². The molecule has 7 heteroatoms. The second-order valence-corrected chi connectivity index (χ2v) is 6.41. The van der Waals surface area contributed by atoms with Gasteiger partial charge < -0.3 is 15.1 Å². The summed E-state index contributed by atoms with van der Waals surface area (Å²) in [7, 11) is 0. The summed E-state index contributed by atoms with van der Waals surface area (Å²) in [5.41, 5.74) is 0. The molecule has 2 aromatic rings. The fraction of sp³-hybridized carbons (Fsp3) is 0.529. The van der Waals surface area contributed by atoms with E-state index in [-0.39, 0.29) is 0 Å². The quantitative estimate of drug-likeness (QED) is 0.921. The Labute approximate surface area is 142 Å². The first-order valence-corrected chi connectivity index (χ1v) is 8.74. The van der Waals surface area contributed by atoms with Gasteiger partial charge in [0.25, 0.3) is 0 Å². The number of hydrogen-bond acceptors (Lipinski definition) is 7. The van der Waals surface area contributed by atoms with Crippen molar-refractivity contribution in [3.63, 3.8) is 0 Å². The van der Waals surface area contributed by atoms with Crippen LogP contribution in [-0.2, 0) is 0 Å². The van der Waals surface area contributed by atoms with E-state index in [2.05, 4.69) is 41.1 Å². The Hall–Kier alpha value is -2.44. The third kappa shape index (κ3) is 3.39. The number of rotatable bonds is 4. The fourth-order valence-corrected chi connectivity index (χ4v) is 3.47. The number of nitrogens with one attached hydrogen (secondary N) is 1. The van der Waals surface area contributed by atoms with E-state index in [0.717, 1.165) is 43.8 Å². The minimum atomic E-state index is 0.569. The van der Waals surface area contributed by atoms with E-state index in [9.17, 15) is 0 Å². The van der Waals surface area contributed by atoms with E-state index in [1.807, 2.05) is 6.07 Å². The minimum absolute atomic E-state index is 0.569. The van der Waals surface area contributed by atoms with Crippen LogP contribution in [0.3, 0.4) is 0 Å². The van der Waals surface area contributed by atoms with Crippen LogP contribution >= 0.6 is 0 Å². The molecule has 0 amide bonds. The van der Waals surface area contributed by atoms with Crippen LogP contribution < -0.4 is 15.1 Å². The van der Waals surface area contributed by atoms with Gasteiger partial charge in [0.2, 0.25) is 5.95 Å². The molecule has 4 rings (SSSR count). The summed E-state index contributed by atoms with van der Waals surface area (Å²) in [5.74, 6) is 2.75. The van der Waals surface area contributed by atoms with Crippen LogP contribution in [-0.4, -0.2) is 52.2 Å². The van der Waals surface area contributed by atoms with Crippen molar-refractivity contribution in [2.24, 2.45) is 0 Å².